The number of urea groups is 1. The second-order valence-corrected chi connectivity index (χ2v) is 7.73. The van der Waals surface area contributed by atoms with E-state index >= 15 is 0 Å². The Balaban J connectivity index is 1.80. The third kappa shape index (κ3) is 6.13. The Labute approximate surface area is 157 Å². The lowest BCUT2D eigenvalue weighted by molar-refractivity contribution is -0.121. The van der Waals surface area contributed by atoms with E-state index in [9.17, 15) is 9.59 Å². The van der Waals surface area contributed by atoms with Crippen LogP contribution in [-0.4, -0.2) is 24.0 Å². The lowest BCUT2D eigenvalue weighted by Gasteiger charge is -2.24. The number of hydrogen-bond acceptors (Lipinski definition) is 3. The van der Waals surface area contributed by atoms with Crippen LogP contribution in [0, 0.1) is 0 Å². The third-order valence-electron chi connectivity index (χ3n) is 5.17. The van der Waals surface area contributed by atoms with Crippen LogP contribution in [0.5, 0.6) is 0 Å². The normalized spacial score (nSPS) is 17.6. The van der Waals surface area contributed by atoms with Crippen LogP contribution in [0.4, 0.5) is 4.79 Å². The molecule has 144 valence electrons. The summed E-state index contributed by atoms with van der Waals surface area (Å²) in [6.45, 7) is 8.14. The summed E-state index contributed by atoms with van der Waals surface area (Å²) in [6, 6.07) is 7.81. The minimum atomic E-state index is -0.452. The van der Waals surface area contributed by atoms with E-state index in [1.807, 2.05) is 6.92 Å². The molecule has 0 radical (unpaired) electrons. The standard InChI is InChI=1S/C21H33N3O2/c1-14(2)17-10-12-18(13-11-17)15(3)22-16(4)20(25)24-21(26)23-19-8-6-5-7-9-19/h10-16,19,22H,5-9H2,1-4H3,(H2,23,24,25,26)/t15-,16-/m0/s1. The van der Waals surface area contributed by atoms with Gasteiger partial charge in [0.15, 0.2) is 0 Å². The van der Waals surface area contributed by atoms with Crippen molar-refractivity contribution in [3.63, 3.8) is 0 Å². The summed E-state index contributed by atoms with van der Waals surface area (Å²) >= 11 is 0. The summed E-state index contributed by atoms with van der Waals surface area (Å²) in [7, 11) is 0. The van der Waals surface area contributed by atoms with Crippen LogP contribution >= 0.6 is 0 Å². The van der Waals surface area contributed by atoms with E-state index in [2.05, 4.69) is 54.1 Å². The second-order valence-electron chi connectivity index (χ2n) is 7.73. The Morgan fingerprint density at radius 2 is 1.50 bits per heavy atom. The zero-order valence-electron chi connectivity index (χ0n) is 16.5. The maximum absolute atomic E-state index is 12.3. The third-order valence-corrected chi connectivity index (χ3v) is 5.17. The van der Waals surface area contributed by atoms with Crippen LogP contribution in [0.3, 0.4) is 0 Å². The van der Waals surface area contributed by atoms with Gasteiger partial charge in [-0.25, -0.2) is 4.79 Å². The van der Waals surface area contributed by atoms with Gasteiger partial charge in [0.1, 0.15) is 0 Å². The Hall–Kier alpha value is -1.88. The van der Waals surface area contributed by atoms with Gasteiger partial charge in [-0.2, -0.15) is 0 Å². The van der Waals surface area contributed by atoms with Gasteiger partial charge in [0.05, 0.1) is 6.04 Å². The van der Waals surface area contributed by atoms with Gasteiger partial charge in [0.25, 0.3) is 0 Å². The topological polar surface area (TPSA) is 70.2 Å². The summed E-state index contributed by atoms with van der Waals surface area (Å²) < 4.78 is 0. The summed E-state index contributed by atoms with van der Waals surface area (Å²) in [4.78, 5) is 24.3. The minimum Gasteiger partial charge on any atom is -0.335 e. The largest absolute Gasteiger partial charge is 0.335 e. The van der Waals surface area contributed by atoms with Gasteiger partial charge in [0.2, 0.25) is 5.91 Å². The maximum atomic E-state index is 12.3. The quantitative estimate of drug-likeness (QED) is 0.719. The number of amides is 3. The molecule has 0 aliphatic heterocycles. The molecule has 0 spiro atoms. The summed E-state index contributed by atoms with van der Waals surface area (Å²) in [5.74, 6) is 0.198. The van der Waals surface area contributed by atoms with Gasteiger partial charge in [-0.3, -0.25) is 15.4 Å². The Morgan fingerprint density at radius 3 is 2.08 bits per heavy atom. The Bertz CT molecular complexity index is 592. The number of nitrogens with one attached hydrogen (secondary N) is 3. The van der Waals surface area contributed by atoms with Gasteiger partial charge in [-0.05, 0) is 43.7 Å². The van der Waals surface area contributed by atoms with Gasteiger partial charge >= 0.3 is 6.03 Å². The smallest absolute Gasteiger partial charge is 0.321 e. The highest BCUT2D eigenvalue weighted by Crippen LogP contribution is 2.19. The Morgan fingerprint density at radius 1 is 0.923 bits per heavy atom. The molecular weight excluding hydrogens is 326 g/mol. The molecule has 5 heteroatoms. The minimum absolute atomic E-state index is 0.0263. The summed E-state index contributed by atoms with van der Waals surface area (Å²) in [5, 5.41) is 8.63. The number of imide groups is 1. The van der Waals surface area contributed by atoms with Gasteiger partial charge < -0.3 is 5.32 Å². The molecule has 1 aromatic rings. The van der Waals surface area contributed by atoms with E-state index in [1.165, 1.54) is 12.0 Å². The highest BCUT2D eigenvalue weighted by molar-refractivity contribution is 5.96. The van der Waals surface area contributed by atoms with Crippen molar-refractivity contribution in [1.82, 2.24) is 16.0 Å². The highest BCUT2D eigenvalue weighted by atomic mass is 16.2. The van der Waals surface area contributed by atoms with Crippen LogP contribution in [0.1, 0.15) is 82.9 Å². The molecular formula is C21H33N3O2. The molecule has 3 N–H and O–H groups in total. The molecule has 2 atom stereocenters. The molecule has 5 nitrogen and oxygen atoms in total. The molecule has 0 saturated heterocycles. The van der Waals surface area contributed by atoms with Crippen molar-refractivity contribution in [3.05, 3.63) is 35.4 Å². The van der Waals surface area contributed by atoms with Crippen LogP contribution in [0.2, 0.25) is 0 Å². The van der Waals surface area contributed by atoms with Crippen molar-refractivity contribution in [2.75, 3.05) is 0 Å². The molecule has 0 heterocycles. The van der Waals surface area contributed by atoms with Crippen molar-refractivity contribution < 1.29 is 9.59 Å². The van der Waals surface area contributed by atoms with Gasteiger partial charge in [0, 0.05) is 12.1 Å². The SMILES string of the molecule is CC(C)c1ccc([C@H](C)N[C@@H](C)C(=O)NC(=O)NC2CCCCC2)cc1. The second kappa shape index (κ2) is 9.72. The summed E-state index contributed by atoms with van der Waals surface area (Å²) in [6.07, 6.45) is 5.52. The molecule has 1 fully saturated rings. The fourth-order valence-corrected chi connectivity index (χ4v) is 3.41. The van der Waals surface area contributed by atoms with Crippen LogP contribution in [0.25, 0.3) is 0 Å². The van der Waals surface area contributed by atoms with Crippen molar-refractivity contribution >= 4 is 11.9 Å². The summed E-state index contributed by atoms with van der Waals surface area (Å²) in [5.41, 5.74) is 2.42. The lowest BCUT2D eigenvalue weighted by Crippen LogP contribution is -2.50. The average Bonchev–Trinajstić information content (AvgIpc) is 2.62. The number of carbonyl (C=O) groups is 2. The molecule has 0 bridgehead atoms. The fraction of sp³-hybridized carbons (Fsp3) is 0.619. The zero-order chi connectivity index (χ0) is 19.1. The molecule has 0 unspecified atom stereocenters. The average molecular weight is 360 g/mol. The van der Waals surface area contributed by atoms with E-state index in [4.69, 9.17) is 0 Å². The number of rotatable bonds is 6. The van der Waals surface area contributed by atoms with Crippen LogP contribution in [-0.2, 0) is 4.79 Å². The first-order valence-electron chi connectivity index (χ1n) is 9.84. The van der Waals surface area contributed by atoms with E-state index in [0.717, 1.165) is 31.2 Å². The predicted molar refractivity (Wildman–Crippen MR) is 105 cm³/mol. The molecule has 1 saturated carbocycles. The number of hydrogen-bond donors (Lipinski definition) is 3. The predicted octanol–water partition coefficient (Wildman–Crippen LogP) is 4.01. The maximum Gasteiger partial charge on any atom is 0.321 e. The van der Waals surface area contributed by atoms with Crippen LogP contribution < -0.4 is 16.0 Å². The first-order chi connectivity index (χ1) is 12.4. The number of carbonyl (C=O) groups excluding carboxylic acids is 2. The van der Waals surface area contributed by atoms with Gasteiger partial charge in [-0.1, -0.05) is 57.4 Å². The molecule has 26 heavy (non-hydrogen) atoms. The molecule has 0 aromatic heterocycles. The first kappa shape index (κ1) is 20.4. The van der Waals surface area contributed by atoms with E-state index in [0.29, 0.717) is 5.92 Å². The van der Waals surface area contributed by atoms with Crippen molar-refractivity contribution in [3.8, 4) is 0 Å². The fourth-order valence-electron chi connectivity index (χ4n) is 3.41. The molecule has 2 rings (SSSR count). The molecule has 3 amide bonds. The zero-order valence-corrected chi connectivity index (χ0v) is 16.5. The van der Waals surface area contributed by atoms with Crippen molar-refractivity contribution in [2.45, 2.75) is 83.8 Å². The van der Waals surface area contributed by atoms with E-state index in [1.54, 1.807) is 6.92 Å². The monoisotopic (exact) mass is 359 g/mol. The van der Waals surface area contributed by atoms with Crippen LogP contribution in [0.15, 0.2) is 24.3 Å². The first-order valence-corrected chi connectivity index (χ1v) is 9.84. The number of benzene rings is 1. The van der Waals surface area contributed by atoms with E-state index < -0.39 is 6.04 Å². The molecule has 1 aromatic carbocycles. The molecule has 1 aliphatic carbocycles. The molecule has 1 aliphatic rings. The Kier molecular flexibility index (Phi) is 7.64. The lowest BCUT2D eigenvalue weighted by atomic mass is 9.96. The van der Waals surface area contributed by atoms with Crippen molar-refractivity contribution in [1.29, 1.82) is 0 Å². The van der Waals surface area contributed by atoms with E-state index in [-0.39, 0.29) is 24.0 Å². The van der Waals surface area contributed by atoms with Gasteiger partial charge in [-0.15, -0.1) is 0 Å². The van der Waals surface area contributed by atoms with Crippen molar-refractivity contribution in [2.24, 2.45) is 0 Å². The highest BCUT2D eigenvalue weighted by Gasteiger charge is 2.21.